The lowest BCUT2D eigenvalue weighted by Crippen LogP contribution is -2.36. The second-order valence-corrected chi connectivity index (χ2v) is 8.81. The minimum absolute atomic E-state index is 0.164. The topological polar surface area (TPSA) is 49.4 Å². The van der Waals surface area contributed by atoms with Gasteiger partial charge in [-0.25, -0.2) is 8.42 Å². The Morgan fingerprint density at radius 2 is 1.90 bits per heavy atom. The maximum absolute atomic E-state index is 12.7. The normalized spacial score (nSPS) is 18.4. The van der Waals surface area contributed by atoms with Crippen LogP contribution in [0.25, 0.3) is 0 Å². The van der Waals surface area contributed by atoms with Crippen LogP contribution in [0.15, 0.2) is 16.3 Å². The third-order valence-electron chi connectivity index (χ3n) is 3.96. The van der Waals surface area contributed by atoms with Gasteiger partial charge >= 0.3 is 0 Å². The van der Waals surface area contributed by atoms with E-state index in [1.54, 1.807) is 17.4 Å². The first-order chi connectivity index (χ1) is 9.55. The fourth-order valence-corrected chi connectivity index (χ4v) is 5.70. The van der Waals surface area contributed by atoms with E-state index < -0.39 is 10.0 Å². The Morgan fingerprint density at radius 3 is 2.50 bits per heavy atom. The first-order valence-electron chi connectivity index (χ1n) is 7.27. The van der Waals surface area contributed by atoms with E-state index in [1.807, 2.05) is 13.1 Å². The van der Waals surface area contributed by atoms with E-state index in [4.69, 9.17) is 0 Å². The number of rotatable bonds is 5. The number of hydrogen-bond acceptors (Lipinski definition) is 4. The molecule has 1 aliphatic rings. The number of thiophene rings is 1. The molecule has 0 amide bonds. The Bertz CT molecular complexity index is 517. The van der Waals surface area contributed by atoms with Gasteiger partial charge in [0.05, 0.1) is 0 Å². The van der Waals surface area contributed by atoms with Crippen molar-refractivity contribution in [3.63, 3.8) is 0 Å². The third-order valence-corrected chi connectivity index (χ3v) is 7.42. The predicted octanol–water partition coefficient (Wildman–Crippen LogP) is 2.81. The van der Waals surface area contributed by atoms with Gasteiger partial charge in [0.1, 0.15) is 4.21 Å². The smallest absolute Gasteiger partial charge is 0.252 e. The highest BCUT2D eigenvalue weighted by Crippen LogP contribution is 2.29. The first kappa shape index (κ1) is 15.9. The third kappa shape index (κ3) is 3.61. The second-order valence-electron chi connectivity index (χ2n) is 5.42. The predicted molar refractivity (Wildman–Crippen MR) is 83.5 cm³/mol. The number of nitrogens with zero attached hydrogens (tertiary/aromatic N) is 1. The summed E-state index contributed by atoms with van der Waals surface area (Å²) in [5.74, 6) is 0. The fourth-order valence-electron chi connectivity index (χ4n) is 2.73. The average Bonchev–Trinajstić information content (AvgIpc) is 2.74. The Balaban J connectivity index is 2.14. The van der Waals surface area contributed by atoms with Crippen LogP contribution in [0.4, 0.5) is 0 Å². The average molecular weight is 316 g/mol. The van der Waals surface area contributed by atoms with Gasteiger partial charge < -0.3 is 5.32 Å². The van der Waals surface area contributed by atoms with Gasteiger partial charge in [-0.15, -0.1) is 11.3 Å². The van der Waals surface area contributed by atoms with Crippen LogP contribution in [-0.2, 0) is 16.6 Å². The minimum atomic E-state index is -3.33. The summed E-state index contributed by atoms with van der Waals surface area (Å²) in [5, 5.41) is 3.05. The van der Waals surface area contributed by atoms with Gasteiger partial charge in [-0.2, -0.15) is 4.31 Å². The molecule has 1 aromatic rings. The van der Waals surface area contributed by atoms with Gasteiger partial charge in [0, 0.05) is 24.5 Å². The maximum atomic E-state index is 12.7. The summed E-state index contributed by atoms with van der Waals surface area (Å²) in [6.07, 6.45) is 6.72. The van der Waals surface area contributed by atoms with E-state index in [2.05, 4.69) is 5.32 Å². The van der Waals surface area contributed by atoms with Crippen molar-refractivity contribution in [1.82, 2.24) is 9.62 Å². The molecule has 1 aliphatic carbocycles. The molecular weight excluding hydrogens is 292 g/mol. The molecule has 114 valence electrons. The first-order valence-corrected chi connectivity index (χ1v) is 9.52. The van der Waals surface area contributed by atoms with Crippen molar-refractivity contribution in [3.05, 3.63) is 17.0 Å². The highest BCUT2D eigenvalue weighted by Gasteiger charge is 2.29. The minimum Gasteiger partial charge on any atom is -0.315 e. The van der Waals surface area contributed by atoms with Crippen LogP contribution in [0, 0.1) is 0 Å². The lowest BCUT2D eigenvalue weighted by molar-refractivity contribution is 0.336. The Kier molecular flexibility index (Phi) is 5.60. The molecule has 2 rings (SSSR count). The quantitative estimate of drug-likeness (QED) is 0.850. The number of nitrogens with one attached hydrogen (secondary N) is 1. The molecule has 0 aliphatic heterocycles. The summed E-state index contributed by atoms with van der Waals surface area (Å²) < 4.78 is 27.4. The molecule has 6 heteroatoms. The molecule has 1 saturated carbocycles. The Hall–Kier alpha value is -0.430. The van der Waals surface area contributed by atoms with Gasteiger partial charge in [0.25, 0.3) is 10.0 Å². The maximum Gasteiger partial charge on any atom is 0.252 e. The van der Waals surface area contributed by atoms with Gasteiger partial charge in [0.2, 0.25) is 0 Å². The zero-order valence-corrected chi connectivity index (χ0v) is 13.9. The monoisotopic (exact) mass is 316 g/mol. The molecule has 1 fully saturated rings. The van der Waals surface area contributed by atoms with Crippen LogP contribution in [0.2, 0.25) is 0 Å². The van der Waals surface area contributed by atoms with E-state index >= 15 is 0 Å². The van der Waals surface area contributed by atoms with Crippen molar-refractivity contribution in [2.45, 2.75) is 55.3 Å². The van der Waals surface area contributed by atoms with Crippen molar-refractivity contribution in [2.24, 2.45) is 0 Å². The lowest BCUT2D eigenvalue weighted by Gasteiger charge is -2.25. The van der Waals surface area contributed by atoms with E-state index in [-0.39, 0.29) is 6.04 Å². The summed E-state index contributed by atoms with van der Waals surface area (Å²) in [6, 6.07) is 3.80. The molecule has 0 aromatic carbocycles. The number of hydrogen-bond donors (Lipinski definition) is 1. The SMILES string of the molecule is CNCc1ccc(S(=O)(=O)N(C)C2CCCCCC2)s1. The zero-order chi connectivity index (χ0) is 14.6. The molecule has 0 unspecified atom stereocenters. The van der Waals surface area contributed by atoms with E-state index in [9.17, 15) is 8.42 Å². The molecule has 1 N–H and O–H groups in total. The number of sulfonamides is 1. The lowest BCUT2D eigenvalue weighted by atomic mass is 10.1. The van der Waals surface area contributed by atoms with Gasteiger partial charge in [0.15, 0.2) is 0 Å². The van der Waals surface area contributed by atoms with Crippen LogP contribution >= 0.6 is 11.3 Å². The van der Waals surface area contributed by atoms with Crippen molar-refractivity contribution in [1.29, 1.82) is 0 Å². The molecule has 20 heavy (non-hydrogen) atoms. The molecule has 1 heterocycles. The highest BCUT2D eigenvalue weighted by molar-refractivity contribution is 7.91. The largest absolute Gasteiger partial charge is 0.315 e. The molecule has 1 aromatic heterocycles. The summed E-state index contributed by atoms with van der Waals surface area (Å²) in [7, 11) is 0.277. The summed E-state index contributed by atoms with van der Waals surface area (Å²) in [6.45, 7) is 0.716. The molecule has 0 saturated heterocycles. The van der Waals surface area contributed by atoms with E-state index in [1.165, 1.54) is 24.2 Å². The standard InChI is InChI=1S/C14H24N2O2S2/c1-15-11-13-9-10-14(19-13)20(17,18)16(2)12-7-5-3-4-6-8-12/h9-10,12,15H,3-8,11H2,1-2H3. The van der Waals surface area contributed by atoms with Crippen LogP contribution in [-0.4, -0.2) is 32.9 Å². The van der Waals surface area contributed by atoms with Crippen molar-refractivity contribution in [2.75, 3.05) is 14.1 Å². The Labute approximate surface area is 126 Å². The van der Waals surface area contributed by atoms with E-state index in [0.29, 0.717) is 10.8 Å². The molecule has 0 radical (unpaired) electrons. The van der Waals surface area contributed by atoms with Crippen LogP contribution in [0.5, 0.6) is 0 Å². The molecule has 4 nitrogen and oxygen atoms in total. The van der Waals surface area contributed by atoms with E-state index in [0.717, 1.165) is 30.6 Å². The molecule has 0 bridgehead atoms. The zero-order valence-electron chi connectivity index (χ0n) is 12.3. The summed E-state index contributed by atoms with van der Waals surface area (Å²) in [5.41, 5.74) is 0. The fraction of sp³-hybridized carbons (Fsp3) is 0.714. The second kappa shape index (κ2) is 7.02. The summed E-state index contributed by atoms with van der Waals surface area (Å²) >= 11 is 1.37. The molecular formula is C14H24N2O2S2. The molecule has 0 atom stereocenters. The van der Waals surface area contributed by atoms with Crippen LogP contribution in [0.3, 0.4) is 0 Å². The van der Waals surface area contributed by atoms with Crippen molar-refractivity contribution >= 4 is 21.4 Å². The van der Waals surface area contributed by atoms with Crippen LogP contribution in [0.1, 0.15) is 43.4 Å². The van der Waals surface area contributed by atoms with Crippen LogP contribution < -0.4 is 5.32 Å². The Morgan fingerprint density at radius 1 is 1.25 bits per heavy atom. The highest BCUT2D eigenvalue weighted by atomic mass is 32.2. The van der Waals surface area contributed by atoms with Crippen molar-refractivity contribution < 1.29 is 8.42 Å². The summed E-state index contributed by atoms with van der Waals surface area (Å²) in [4.78, 5) is 1.06. The van der Waals surface area contributed by atoms with Gasteiger partial charge in [-0.1, -0.05) is 25.7 Å². The van der Waals surface area contributed by atoms with Crippen molar-refractivity contribution in [3.8, 4) is 0 Å². The molecule has 0 spiro atoms. The van der Waals surface area contributed by atoms with Gasteiger partial charge in [-0.3, -0.25) is 0 Å². The van der Waals surface area contributed by atoms with Gasteiger partial charge in [-0.05, 0) is 32.0 Å².